The first-order chi connectivity index (χ1) is 10.2. The monoisotopic (exact) mass is 286 g/mol. The van der Waals surface area contributed by atoms with Gasteiger partial charge in [-0.3, -0.25) is 14.5 Å². The molecule has 1 aromatic rings. The summed E-state index contributed by atoms with van der Waals surface area (Å²) in [6, 6.07) is 8.99. The quantitative estimate of drug-likeness (QED) is 0.801. The second kappa shape index (κ2) is 5.98. The van der Waals surface area contributed by atoms with Gasteiger partial charge in [0.1, 0.15) is 0 Å². The topological polar surface area (TPSA) is 40.6 Å². The summed E-state index contributed by atoms with van der Waals surface area (Å²) in [4.78, 5) is 28.4. The van der Waals surface area contributed by atoms with Gasteiger partial charge in [-0.05, 0) is 44.0 Å². The Morgan fingerprint density at radius 2 is 1.76 bits per heavy atom. The Morgan fingerprint density at radius 3 is 2.38 bits per heavy atom. The number of piperidine rings is 1. The van der Waals surface area contributed by atoms with E-state index in [9.17, 15) is 9.59 Å². The maximum absolute atomic E-state index is 12.6. The Balaban J connectivity index is 1.72. The van der Waals surface area contributed by atoms with Gasteiger partial charge in [-0.1, -0.05) is 31.5 Å². The molecule has 0 aromatic heterocycles. The van der Waals surface area contributed by atoms with Gasteiger partial charge in [0.15, 0.2) is 0 Å². The van der Waals surface area contributed by atoms with Gasteiger partial charge in [-0.2, -0.15) is 0 Å². The van der Waals surface area contributed by atoms with Gasteiger partial charge in [0, 0.05) is 0 Å². The van der Waals surface area contributed by atoms with E-state index in [0.29, 0.717) is 12.1 Å². The van der Waals surface area contributed by atoms with Crippen molar-refractivity contribution >= 4 is 17.5 Å². The fourth-order valence-electron chi connectivity index (χ4n) is 3.42. The number of anilines is 1. The predicted molar refractivity (Wildman–Crippen MR) is 81.9 cm³/mol. The number of likely N-dealkylation sites (tertiary alicyclic amines) is 1. The summed E-state index contributed by atoms with van der Waals surface area (Å²) in [5.41, 5.74) is 0.693. The van der Waals surface area contributed by atoms with Crippen molar-refractivity contribution in [2.24, 2.45) is 5.92 Å². The van der Waals surface area contributed by atoms with Crippen molar-refractivity contribution in [3.8, 4) is 0 Å². The van der Waals surface area contributed by atoms with E-state index in [0.717, 1.165) is 31.8 Å². The van der Waals surface area contributed by atoms with Gasteiger partial charge in [-0.15, -0.1) is 0 Å². The molecule has 0 bridgehead atoms. The normalized spacial score (nSPS) is 24.8. The van der Waals surface area contributed by atoms with E-state index >= 15 is 0 Å². The number of benzene rings is 1. The molecule has 2 aliphatic heterocycles. The SMILES string of the molecule is CCC1CCN([C@@H]2CC(=O)N(c3ccccc3)C2=O)CC1. The number of hydrogen-bond acceptors (Lipinski definition) is 3. The lowest BCUT2D eigenvalue weighted by molar-refractivity contribution is -0.123. The van der Waals surface area contributed by atoms with Gasteiger partial charge in [-0.25, -0.2) is 4.90 Å². The van der Waals surface area contributed by atoms with Crippen LogP contribution in [0.25, 0.3) is 0 Å². The zero-order valence-corrected chi connectivity index (χ0v) is 12.5. The molecule has 1 aromatic carbocycles. The minimum atomic E-state index is -0.254. The van der Waals surface area contributed by atoms with Crippen LogP contribution in [0, 0.1) is 5.92 Å². The van der Waals surface area contributed by atoms with E-state index in [2.05, 4.69) is 11.8 Å². The maximum atomic E-state index is 12.6. The molecule has 0 unspecified atom stereocenters. The number of amides is 2. The smallest absolute Gasteiger partial charge is 0.251 e. The molecule has 0 saturated carbocycles. The van der Waals surface area contributed by atoms with Crippen LogP contribution in [0.4, 0.5) is 5.69 Å². The molecule has 112 valence electrons. The second-order valence-corrected chi connectivity index (χ2v) is 6.01. The van der Waals surface area contributed by atoms with Gasteiger partial charge >= 0.3 is 0 Å². The van der Waals surface area contributed by atoms with Gasteiger partial charge in [0.05, 0.1) is 18.2 Å². The Labute approximate surface area is 125 Å². The molecular formula is C17H22N2O2. The summed E-state index contributed by atoms with van der Waals surface area (Å²) in [6.45, 7) is 4.09. The summed E-state index contributed by atoms with van der Waals surface area (Å²) in [6.07, 6.45) is 3.81. The molecular weight excluding hydrogens is 264 g/mol. The van der Waals surface area contributed by atoms with Gasteiger partial charge in [0.25, 0.3) is 5.91 Å². The summed E-state index contributed by atoms with van der Waals surface area (Å²) >= 11 is 0. The van der Waals surface area contributed by atoms with Crippen molar-refractivity contribution < 1.29 is 9.59 Å². The number of hydrogen-bond donors (Lipinski definition) is 0. The van der Waals surface area contributed by atoms with Crippen LogP contribution >= 0.6 is 0 Å². The zero-order chi connectivity index (χ0) is 14.8. The molecule has 1 atom stereocenters. The largest absolute Gasteiger partial charge is 0.292 e. The number of nitrogens with zero attached hydrogens (tertiary/aromatic N) is 2. The second-order valence-electron chi connectivity index (χ2n) is 6.01. The van der Waals surface area contributed by atoms with E-state index in [-0.39, 0.29) is 17.9 Å². The standard InChI is InChI=1S/C17H22N2O2/c1-2-13-8-10-18(11-9-13)15-12-16(20)19(17(15)21)14-6-4-3-5-7-14/h3-7,13,15H,2,8-12H2,1H3/t15-/m1/s1. The highest BCUT2D eigenvalue weighted by molar-refractivity contribution is 6.22. The fraction of sp³-hybridized carbons (Fsp3) is 0.529. The van der Waals surface area contributed by atoms with Gasteiger partial charge in [0.2, 0.25) is 5.91 Å². The Kier molecular flexibility index (Phi) is 4.06. The molecule has 0 radical (unpaired) electrons. The Hall–Kier alpha value is -1.68. The molecule has 3 rings (SSSR count). The van der Waals surface area contributed by atoms with Crippen molar-refractivity contribution in [3.05, 3.63) is 30.3 Å². The number of carbonyl (C=O) groups is 2. The molecule has 2 saturated heterocycles. The number of para-hydroxylation sites is 1. The van der Waals surface area contributed by atoms with Crippen LogP contribution in [0.3, 0.4) is 0 Å². The molecule has 2 amide bonds. The Morgan fingerprint density at radius 1 is 1.10 bits per heavy atom. The molecule has 4 nitrogen and oxygen atoms in total. The number of rotatable bonds is 3. The fourth-order valence-corrected chi connectivity index (χ4v) is 3.42. The molecule has 2 heterocycles. The van der Waals surface area contributed by atoms with Crippen LogP contribution in [0.5, 0.6) is 0 Å². The molecule has 2 fully saturated rings. The van der Waals surface area contributed by atoms with E-state index in [4.69, 9.17) is 0 Å². The highest BCUT2D eigenvalue weighted by Crippen LogP contribution is 2.29. The third-order valence-electron chi connectivity index (χ3n) is 4.80. The third-order valence-corrected chi connectivity index (χ3v) is 4.80. The van der Waals surface area contributed by atoms with Crippen molar-refractivity contribution in [1.29, 1.82) is 0 Å². The van der Waals surface area contributed by atoms with Gasteiger partial charge < -0.3 is 0 Å². The average Bonchev–Trinajstić information content (AvgIpc) is 2.83. The van der Waals surface area contributed by atoms with Crippen molar-refractivity contribution in [3.63, 3.8) is 0 Å². The molecule has 21 heavy (non-hydrogen) atoms. The summed E-state index contributed by atoms with van der Waals surface area (Å²) in [7, 11) is 0. The summed E-state index contributed by atoms with van der Waals surface area (Å²) in [5, 5.41) is 0. The average molecular weight is 286 g/mol. The van der Waals surface area contributed by atoms with Crippen molar-refractivity contribution in [2.75, 3.05) is 18.0 Å². The number of carbonyl (C=O) groups excluding carboxylic acids is 2. The van der Waals surface area contributed by atoms with Crippen LogP contribution in [0.2, 0.25) is 0 Å². The first kappa shape index (κ1) is 14.3. The molecule has 4 heteroatoms. The van der Waals surface area contributed by atoms with Crippen LogP contribution in [0.1, 0.15) is 32.6 Å². The summed E-state index contributed by atoms with van der Waals surface area (Å²) in [5.74, 6) is 0.647. The van der Waals surface area contributed by atoms with Crippen LogP contribution in [0.15, 0.2) is 30.3 Å². The van der Waals surface area contributed by atoms with Crippen LogP contribution in [-0.4, -0.2) is 35.8 Å². The lowest BCUT2D eigenvalue weighted by Gasteiger charge is -2.34. The molecule has 0 aliphatic carbocycles. The lowest BCUT2D eigenvalue weighted by Crippen LogP contribution is -2.45. The van der Waals surface area contributed by atoms with E-state index in [1.54, 1.807) is 0 Å². The lowest BCUT2D eigenvalue weighted by atomic mass is 9.93. The maximum Gasteiger partial charge on any atom is 0.251 e. The molecule has 0 spiro atoms. The van der Waals surface area contributed by atoms with Crippen LogP contribution in [-0.2, 0) is 9.59 Å². The van der Waals surface area contributed by atoms with Crippen molar-refractivity contribution in [2.45, 2.75) is 38.6 Å². The van der Waals surface area contributed by atoms with Crippen LogP contribution < -0.4 is 4.90 Å². The summed E-state index contributed by atoms with van der Waals surface area (Å²) < 4.78 is 0. The van der Waals surface area contributed by atoms with E-state index < -0.39 is 0 Å². The Bertz CT molecular complexity index is 521. The number of imide groups is 1. The first-order valence-corrected chi connectivity index (χ1v) is 7.86. The highest BCUT2D eigenvalue weighted by Gasteiger charge is 2.43. The van der Waals surface area contributed by atoms with Crippen molar-refractivity contribution in [1.82, 2.24) is 4.90 Å². The molecule has 2 aliphatic rings. The first-order valence-electron chi connectivity index (χ1n) is 7.86. The highest BCUT2D eigenvalue weighted by atomic mass is 16.2. The minimum Gasteiger partial charge on any atom is -0.292 e. The third kappa shape index (κ3) is 2.72. The minimum absolute atomic E-state index is 0.0545. The predicted octanol–water partition coefficient (Wildman–Crippen LogP) is 2.44. The van der Waals surface area contributed by atoms with E-state index in [1.807, 2.05) is 30.3 Å². The van der Waals surface area contributed by atoms with E-state index in [1.165, 1.54) is 11.3 Å². The molecule has 0 N–H and O–H groups in total. The zero-order valence-electron chi connectivity index (χ0n) is 12.5.